The first-order chi connectivity index (χ1) is 11.8. The summed E-state index contributed by atoms with van der Waals surface area (Å²) in [6.45, 7) is 24.1. The maximum atomic E-state index is 2.56. The average molecular weight is 365 g/mol. The molecule has 6 N–H and O–H groups in total. The van der Waals surface area contributed by atoms with Crippen molar-refractivity contribution >= 4 is 0 Å². The molecule has 0 saturated carbocycles. The van der Waals surface area contributed by atoms with Crippen LogP contribution in [-0.2, 0) is 0 Å². The van der Waals surface area contributed by atoms with Crippen LogP contribution in [0.2, 0.25) is 0 Å². The van der Waals surface area contributed by atoms with Gasteiger partial charge in [0.25, 0.3) is 0 Å². The first-order valence-corrected chi connectivity index (χ1v) is 10.6. The van der Waals surface area contributed by atoms with Gasteiger partial charge in [0.1, 0.15) is 59.7 Å². The third kappa shape index (κ3) is 4.78. The van der Waals surface area contributed by atoms with E-state index in [0.717, 1.165) is 0 Å². The summed E-state index contributed by atoms with van der Waals surface area (Å²) in [6, 6.07) is 0. The van der Waals surface area contributed by atoms with E-state index in [1.807, 2.05) is 0 Å². The fraction of sp³-hybridized carbons (Fsp3) is 0.818. The summed E-state index contributed by atoms with van der Waals surface area (Å²) >= 11 is 0. The number of quaternary nitrogens is 4. The number of rotatable bonds is 2. The molecule has 0 aliphatic carbocycles. The lowest BCUT2D eigenvalue weighted by Gasteiger charge is -2.42. The second-order valence-electron chi connectivity index (χ2n) is 11.8. The van der Waals surface area contributed by atoms with Gasteiger partial charge in [0.05, 0.1) is 12.8 Å². The van der Waals surface area contributed by atoms with Gasteiger partial charge < -0.3 is 10.6 Å². The molecule has 0 unspecified atom stereocenters. The van der Waals surface area contributed by atoms with Gasteiger partial charge in [-0.15, -0.1) is 0 Å². The van der Waals surface area contributed by atoms with E-state index in [-0.39, 0.29) is 11.1 Å². The molecule has 26 heavy (non-hydrogen) atoms. The zero-order valence-corrected chi connectivity index (χ0v) is 18.6. The van der Waals surface area contributed by atoms with Crippen molar-refractivity contribution in [1.82, 2.24) is 0 Å². The number of nitrogens with two attached hydrogens (primary N) is 2. The minimum Gasteiger partial charge on any atom is -0.334 e. The van der Waals surface area contributed by atoms with E-state index in [2.05, 4.69) is 78.2 Å². The lowest BCUT2D eigenvalue weighted by molar-refractivity contribution is -0.982. The number of nitrogens with one attached hydrogen (secondary N) is 2. The molecule has 1 fully saturated rings. The van der Waals surface area contributed by atoms with Gasteiger partial charge in [-0.25, -0.2) is 0 Å². The minimum atomic E-state index is 0.226. The summed E-state index contributed by atoms with van der Waals surface area (Å²) in [5, 5.41) is 5.08. The van der Waals surface area contributed by atoms with Crippen molar-refractivity contribution in [2.75, 3.05) is 26.2 Å². The number of hydrogen-bond acceptors (Lipinski definition) is 0. The number of piperazine rings is 1. The van der Waals surface area contributed by atoms with Gasteiger partial charge in [-0.2, -0.15) is 0 Å². The molecule has 3 aliphatic rings. The Morgan fingerprint density at radius 3 is 1.19 bits per heavy atom. The van der Waals surface area contributed by atoms with Crippen LogP contribution in [0.5, 0.6) is 0 Å². The quantitative estimate of drug-likeness (QED) is 0.465. The monoisotopic (exact) mass is 364 g/mol. The van der Waals surface area contributed by atoms with E-state index in [1.165, 1.54) is 39.0 Å². The highest BCUT2D eigenvalue weighted by Crippen LogP contribution is 2.19. The van der Waals surface area contributed by atoms with E-state index in [9.17, 15) is 0 Å². The predicted octanol–water partition coefficient (Wildman–Crippen LogP) is -1.41. The highest BCUT2D eigenvalue weighted by Gasteiger charge is 2.44. The molecule has 0 amide bonds. The molecule has 4 nitrogen and oxygen atoms in total. The first-order valence-electron chi connectivity index (χ1n) is 10.6. The van der Waals surface area contributed by atoms with Gasteiger partial charge in [0.15, 0.2) is 0 Å². The smallest absolute Gasteiger partial charge is 0.132 e. The second-order valence-corrected chi connectivity index (χ2v) is 11.8. The van der Waals surface area contributed by atoms with Gasteiger partial charge in [0, 0.05) is 12.2 Å². The Hall–Kier alpha value is -0.680. The first kappa shape index (κ1) is 20.1. The summed E-state index contributed by atoms with van der Waals surface area (Å²) < 4.78 is 0. The standard InChI is InChI=1S/C22H40N4/c1-19(2)13-17(14-20(3,4)23-19)25-9-11-26(12-10-25)18-15-21(5,6)24-22(7,8)16-18/h13,15,23-24H,9-12,14,16H2,1-8H3/p+4. The molecule has 0 aromatic carbocycles. The molecule has 1 saturated heterocycles. The summed E-state index contributed by atoms with van der Waals surface area (Å²) in [6.07, 6.45) is 7.55. The van der Waals surface area contributed by atoms with Crippen molar-refractivity contribution in [2.24, 2.45) is 0 Å². The Morgan fingerprint density at radius 1 is 0.615 bits per heavy atom. The van der Waals surface area contributed by atoms with Crippen LogP contribution >= 0.6 is 0 Å². The van der Waals surface area contributed by atoms with E-state index < -0.39 is 0 Å². The van der Waals surface area contributed by atoms with Crippen molar-refractivity contribution < 1.29 is 20.4 Å². The maximum absolute atomic E-state index is 2.56. The third-order valence-electron chi connectivity index (χ3n) is 6.28. The Kier molecular flexibility index (Phi) is 4.97. The van der Waals surface area contributed by atoms with Crippen LogP contribution in [-0.4, -0.2) is 48.3 Å². The van der Waals surface area contributed by atoms with Crippen LogP contribution in [0.25, 0.3) is 0 Å². The Morgan fingerprint density at radius 2 is 0.923 bits per heavy atom. The summed E-state index contributed by atoms with van der Waals surface area (Å²) in [4.78, 5) is 3.48. The van der Waals surface area contributed by atoms with Gasteiger partial charge >= 0.3 is 0 Å². The molecular formula is C22H44N4+4. The Bertz CT molecular complexity index is 548. The molecule has 148 valence electrons. The maximum Gasteiger partial charge on any atom is 0.132 e. The lowest BCUT2D eigenvalue weighted by atomic mass is 9.85. The van der Waals surface area contributed by atoms with Crippen molar-refractivity contribution in [3.8, 4) is 0 Å². The van der Waals surface area contributed by atoms with E-state index in [0.29, 0.717) is 11.1 Å². The van der Waals surface area contributed by atoms with Crippen LogP contribution in [0.15, 0.2) is 23.5 Å². The van der Waals surface area contributed by atoms with Crippen LogP contribution in [0.3, 0.4) is 0 Å². The molecule has 3 aliphatic heterocycles. The van der Waals surface area contributed by atoms with E-state index >= 15 is 0 Å². The molecule has 0 aromatic heterocycles. The predicted molar refractivity (Wildman–Crippen MR) is 107 cm³/mol. The van der Waals surface area contributed by atoms with Crippen molar-refractivity contribution in [1.29, 1.82) is 0 Å². The van der Waals surface area contributed by atoms with Crippen LogP contribution in [0, 0.1) is 0 Å². The molecule has 3 heterocycles. The van der Waals surface area contributed by atoms with Gasteiger partial charge in [0.2, 0.25) is 0 Å². The third-order valence-corrected chi connectivity index (χ3v) is 6.28. The molecule has 0 aromatic rings. The highest BCUT2D eigenvalue weighted by molar-refractivity contribution is 5.09. The second kappa shape index (κ2) is 6.44. The Labute approximate surface area is 161 Å². The zero-order valence-electron chi connectivity index (χ0n) is 18.6. The molecular weight excluding hydrogens is 320 g/mol. The van der Waals surface area contributed by atoms with E-state index in [4.69, 9.17) is 0 Å². The summed E-state index contributed by atoms with van der Waals surface area (Å²) in [7, 11) is 0. The number of hydrogen-bond donors (Lipinski definition) is 4. The zero-order chi connectivity index (χ0) is 19.4. The van der Waals surface area contributed by atoms with Crippen LogP contribution in [0.1, 0.15) is 68.2 Å². The summed E-state index contributed by atoms with van der Waals surface area (Å²) in [5.74, 6) is 0. The normalized spacial score (nSPS) is 35.4. The fourth-order valence-electron chi connectivity index (χ4n) is 6.13. The molecule has 0 bridgehead atoms. The fourth-order valence-corrected chi connectivity index (χ4v) is 6.13. The molecule has 3 rings (SSSR count). The minimum absolute atomic E-state index is 0.226. The average Bonchev–Trinajstić information content (AvgIpc) is 2.41. The molecule has 4 heteroatoms. The molecule has 0 atom stereocenters. The van der Waals surface area contributed by atoms with Crippen molar-refractivity contribution in [3.05, 3.63) is 23.5 Å². The van der Waals surface area contributed by atoms with Crippen molar-refractivity contribution in [2.45, 2.75) is 90.4 Å². The lowest BCUT2D eigenvalue weighted by Crippen LogP contribution is -3.27. The molecule has 0 spiro atoms. The van der Waals surface area contributed by atoms with E-state index in [1.54, 1.807) is 21.2 Å². The topological polar surface area (TPSA) is 42.1 Å². The largest absolute Gasteiger partial charge is 0.334 e. The Balaban J connectivity index is 1.68. The molecule has 0 radical (unpaired) electrons. The van der Waals surface area contributed by atoms with Gasteiger partial charge in [-0.3, -0.25) is 9.80 Å². The van der Waals surface area contributed by atoms with Crippen molar-refractivity contribution in [3.63, 3.8) is 0 Å². The highest BCUT2D eigenvalue weighted by atomic mass is 15.3. The van der Waals surface area contributed by atoms with Crippen LogP contribution < -0.4 is 20.4 Å². The van der Waals surface area contributed by atoms with Gasteiger partial charge in [-0.1, -0.05) is 0 Å². The summed E-state index contributed by atoms with van der Waals surface area (Å²) in [5.41, 5.74) is 4.41. The van der Waals surface area contributed by atoms with Gasteiger partial charge in [-0.05, 0) is 55.4 Å². The SMILES string of the molecule is CC1(C)C=C([NH+]2CC[NH+](C3=CC(C)(C)[NH2+]C(C)(C)C3)CC2)CC(C)(C)[NH2+]1. The van der Waals surface area contributed by atoms with Crippen LogP contribution in [0.4, 0.5) is 0 Å².